The number of rotatable bonds is 2. The molecule has 1 heterocycles. The van der Waals surface area contributed by atoms with Crippen LogP contribution in [0.1, 0.15) is 10.4 Å². The number of thiazole rings is 1. The van der Waals surface area contributed by atoms with Crippen molar-refractivity contribution in [3.63, 3.8) is 0 Å². The lowest BCUT2D eigenvalue weighted by Gasteiger charge is -2.04. The van der Waals surface area contributed by atoms with E-state index in [2.05, 4.69) is 16.4 Å². The number of nitrogens with one attached hydrogen (secondary N) is 1. The van der Waals surface area contributed by atoms with E-state index in [1.807, 2.05) is 31.2 Å². The van der Waals surface area contributed by atoms with Gasteiger partial charge in [-0.05, 0) is 18.6 Å². The summed E-state index contributed by atoms with van der Waals surface area (Å²) in [6.45, 7) is 2.03. The molecule has 0 amide bonds. The predicted octanol–water partition coefficient (Wildman–Crippen LogP) is 3.07. The van der Waals surface area contributed by atoms with Gasteiger partial charge in [-0.2, -0.15) is 5.26 Å². The zero-order valence-electron chi connectivity index (χ0n) is 8.19. The van der Waals surface area contributed by atoms with Crippen molar-refractivity contribution in [3.05, 3.63) is 40.9 Å². The molecular formula is C11H9N3S. The van der Waals surface area contributed by atoms with Gasteiger partial charge in [-0.25, -0.2) is 4.98 Å². The Morgan fingerprint density at radius 3 is 2.87 bits per heavy atom. The lowest BCUT2D eigenvalue weighted by Crippen LogP contribution is -1.91. The molecule has 74 valence electrons. The van der Waals surface area contributed by atoms with E-state index >= 15 is 0 Å². The molecule has 0 saturated heterocycles. The van der Waals surface area contributed by atoms with E-state index in [1.165, 1.54) is 11.3 Å². The van der Waals surface area contributed by atoms with Crippen molar-refractivity contribution in [2.45, 2.75) is 6.92 Å². The molecule has 0 spiro atoms. The second-order valence-electron chi connectivity index (χ2n) is 3.08. The molecule has 0 bridgehead atoms. The van der Waals surface area contributed by atoms with E-state index < -0.39 is 0 Å². The third kappa shape index (κ3) is 2.14. The number of aromatic nitrogens is 1. The van der Waals surface area contributed by atoms with Gasteiger partial charge in [0.2, 0.25) is 0 Å². The molecule has 15 heavy (non-hydrogen) atoms. The first kappa shape index (κ1) is 9.69. The Balaban J connectivity index is 2.23. The van der Waals surface area contributed by atoms with Gasteiger partial charge in [-0.1, -0.05) is 29.5 Å². The molecule has 0 aliphatic heterocycles. The molecule has 4 heteroatoms. The van der Waals surface area contributed by atoms with E-state index in [1.54, 1.807) is 6.20 Å². The first-order chi connectivity index (χ1) is 7.29. The maximum atomic E-state index is 8.66. The maximum absolute atomic E-state index is 8.66. The van der Waals surface area contributed by atoms with Crippen molar-refractivity contribution in [1.82, 2.24) is 4.98 Å². The van der Waals surface area contributed by atoms with Crippen LogP contribution in [-0.4, -0.2) is 4.98 Å². The Hall–Kier alpha value is -1.86. The third-order valence-corrected chi connectivity index (χ3v) is 2.82. The standard InChI is InChI=1S/C11H9N3S/c1-8-4-2-3-5-10(8)14-11-13-7-9(6-12)15-11/h2-5,7H,1H3,(H,13,14). The molecule has 3 nitrogen and oxygen atoms in total. The van der Waals surface area contributed by atoms with Gasteiger partial charge in [0, 0.05) is 5.69 Å². The summed E-state index contributed by atoms with van der Waals surface area (Å²) in [6.07, 6.45) is 1.57. The van der Waals surface area contributed by atoms with Crippen molar-refractivity contribution in [3.8, 4) is 6.07 Å². The Kier molecular flexibility index (Phi) is 2.66. The predicted molar refractivity (Wildman–Crippen MR) is 61.3 cm³/mol. The van der Waals surface area contributed by atoms with Crippen molar-refractivity contribution >= 4 is 22.2 Å². The second-order valence-corrected chi connectivity index (χ2v) is 4.11. The maximum Gasteiger partial charge on any atom is 0.188 e. The van der Waals surface area contributed by atoms with Gasteiger partial charge >= 0.3 is 0 Å². The van der Waals surface area contributed by atoms with Crippen LogP contribution in [0.4, 0.5) is 10.8 Å². The molecule has 0 aliphatic carbocycles. The average molecular weight is 215 g/mol. The Morgan fingerprint density at radius 1 is 1.40 bits per heavy atom. The van der Waals surface area contributed by atoms with Gasteiger partial charge in [0.1, 0.15) is 10.9 Å². The number of nitrogens with zero attached hydrogens (tertiary/aromatic N) is 2. The van der Waals surface area contributed by atoms with Crippen LogP contribution in [0.25, 0.3) is 0 Å². The van der Waals surface area contributed by atoms with Gasteiger partial charge < -0.3 is 5.32 Å². The molecule has 1 N–H and O–H groups in total. The lowest BCUT2D eigenvalue weighted by molar-refractivity contribution is 1.36. The normalized spacial score (nSPS) is 9.60. The fraction of sp³-hybridized carbons (Fsp3) is 0.0909. The second kappa shape index (κ2) is 4.11. The molecule has 1 aromatic heterocycles. The van der Waals surface area contributed by atoms with Gasteiger partial charge in [0.25, 0.3) is 0 Å². The number of hydrogen-bond acceptors (Lipinski definition) is 4. The van der Waals surface area contributed by atoms with Crippen LogP contribution in [0, 0.1) is 18.3 Å². The van der Waals surface area contributed by atoms with Crippen LogP contribution in [-0.2, 0) is 0 Å². The molecule has 0 aliphatic rings. The summed E-state index contributed by atoms with van der Waals surface area (Å²) in [5.74, 6) is 0. The number of para-hydroxylation sites is 1. The highest BCUT2D eigenvalue weighted by atomic mass is 32.1. The van der Waals surface area contributed by atoms with Crippen LogP contribution in [0.5, 0.6) is 0 Å². The third-order valence-electron chi connectivity index (χ3n) is 2.00. The molecule has 2 rings (SSSR count). The van der Waals surface area contributed by atoms with E-state index in [9.17, 15) is 0 Å². The minimum Gasteiger partial charge on any atom is -0.331 e. The number of benzene rings is 1. The quantitative estimate of drug-likeness (QED) is 0.837. The smallest absolute Gasteiger partial charge is 0.188 e. The van der Waals surface area contributed by atoms with Gasteiger partial charge in [-0.15, -0.1) is 0 Å². The van der Waals surface area contributed by atoms with E-state index in [0.29, 0.717) is 4.88 Å². The molecule has 0 fully saturated rings. The molecule has 0 saturated carbocycles. The van der Waals surface area contributed by atoms with Crippen LogP contribution < -0.4 is 5.32 Å². The summed E-state index contributed by atoms with van der Waals surface area (Å²) in [5, 5.41) is 12.6. The summed E-state index contributed by atoms with van der Waals surface area (Å²) in [5.41, 5.74) is 2.18. The topological polar surface area (TPSA) is 48.7 Å². The summed E-state index contributed by atoms with van der Waals surface area (Å²) in [7, 11) is 0. The molecule has 1 aromatic carbocycles. The highest BCUT2D eigenvalue weighted by Gasteiger charge is 2.02. The molecule has 0 atom stereocenters. The summed E-state index contributed by atoms with van der Waals surface area (Å²) < 4.78 is 0. The van der Waals surface area contributed by atoms with Crippen molar-refractivity contribution in [2.75, 3.05) is 5.32 Å². The van der Waals surface area contributed by atoms with Gasteiger partial charge in [0.15, 0.2) is 5.13 Å². The van der Waals surface area contributed by atoms with Crippen LogP contribution in [0.2, 0.25) is 0 Å². The first-order valence-electron chi connectivity index (χ1n) is 4.48. The van der Waals surface area contributed by atoms with Crippen molar-refractivity contribution in [2.24, 2.45) is 0 Å². The van der Waals surface area contributed by atoms with Gasteiger partial charge in [-0.3, -0.25) is 0 Å². The Bertz CT molecular complexity index is 511. The fourth-order valence-corrected chi connectivity index (χ4v) is 1.84. The Morgan fingerprint density at radius 2 is 2.20 bits per heavy atom. The monoisotopic (exact) mass is 215 g/mol. The summed E-state index contributed by atoms with van der Waals surface area (Å²) in [6, 6.07) is 10.0. The SMILES string of the molecule is Cc1ccccc1Nc1ncc(C#N)s1. The molecule has 0 unspecified atom stereocenters. The molecular weight excluding hydrogens is 206 g/mol. The van der Waals surface area contributed by atoms with E-state index in [0.717, 1.165) is 16.4 Å². The molecule has 0 radical (unpaired) electrons. The largest absolute Gasteiger partial charge is 0.331 e. The van der Waals surface area contributed by atoms with Gasteiger partial charge in [0.05, 0.1) is 6.20 Å². The van der Waals surface area contributed by atoms with E-state index in [-0.39, 0.29) is 0 Å². The summed E-state index contributed by atoms with van der Waals surface area (Å²) in [4.78, 5) is 4.73. The zero-order valence-corrected chi connectivity index (χ0v) is 9.01. The van der Waals surface area contributed by atoms with Crippen LogP contribution in [0.15, 0.2) is 30.5 Å². The lowest BCUT2D eigenvalue weighted by atomic mass is 10.2. The highest BCUT2D eigenvalue weighted by Crippen LogP contribution is 2.23. The van der Waals surface area contributed by atoms with Crippen LogP contribution >= 0.6 is 11.3 Å². The number of anilines is 2. The number of nitriles is 1. The first-order valence-corrected chi connectivity index (χ1v) is 5.30. The summed E-state index contributed by atoms with van der Waals surface area (Å²) >= 11 is 1.35. The van der Waals surface area contributed by atoms with Crippen molar-refractivity contribution < 1.29 is 0 Å². The van der Waals surface area contributed by atoms with Crippen LogP contribution in [0.3, 0.4) is 0 Å². The fourth-order valence-electron chi connectivity index (χ4n) is 1.21. The molecule has 2 aromatic rings. The average Bonchev–Trinajstić information content (AvgIpc) is 2.69. The highest BCUT2D eigenvalue weighted by molar-refractivity contribution is 7.16. The number of hydrogen-bond donors (Lipinski definition) is 1. The number of aryl methyl sites for hydroxylation is 1. The van der Waals surface area contributed by atoms with E-state index in [4.69, 9.17) is 5.26 Å². The zero-order chi connectivity index (χ0) is 10.7. The van der Waals surface area contributed by atoms with Crippen molar-refractivity contribution in [1.29, 1.82) is 5.26 Å². The Labute approximate surface area is 92.0 Å². The minimum absolute atomic E-state index is 0.617. The minimum atomic E-state index is 0.617.